The maximum atomic E-state index is 12.2. The highest BCUT2D eigenvalue weighted by molar-refractivity contribution is 6.30. The van der Waals surface area contributed by atoms with E-state index >= 15 is 0 Å². The molecule has 1 aliphatic rings. The highest BCUT2D eigenvalue weighted by Crippen LogP contribution is 2.23. The fourth-order valence-corrected chi connectivity index (χ4v) is 2.99. The van der Waals surface area contributed by atoms with Gasteiger partial charge in [0.05, 0.1) is 6.04 Å². The monoisotopic (exact) mass is 386 g/mol. The molecule has 27 heavy (non-hydrogen) atoms. The first kappa shape index (κ1) is 18.7. The van der Waals surface area contributed by atoms with Crippen LogP contribution < -0.4 is 20.9 Å². The number of benzene rings is 2. The van der Waals surface area contributed by atoms with Gasteiger partial charge in [0.2, 0.25) is 11.8 Å². The summed E-state index contributed by atoms with van der Waals surface area (Å²) in [6, 6.07) is 13.1. The van der Waals surface area contributed by atoms with Crippen molar-refractivity contribution in [3.8, 4) is 0 Å². The first-order chi connectivity index (χ1) is 12.9. The Hall–Kier alpha value is -3.06. The van der Waals surface area contributed by atoms with Crippen molar-refractivity contribution in [1.82, 2.24) is 5.32 Å². The van der Waals surface area contributed by atoms with Crippen LogP contribution in [0.2, 0.25) is 5.02 Å². The summed E-state index contributed by atoms with van der Waals surface area (Å²) < 4.78 is 0. The quantitative estimate of drug-likeness (QED) is 0.753. The molecule has 8 heteroatoms. The lowest BCUT2D eigenvalue weighted by Gasteiger charge is -2.17. The van der Waals surface area contributed by atoms with Gasteiger partial charge in [0.1, 0.15) is 0 Å². The van der Waals surface area contributed by atoms with Gasteiger partial charge in [-0.1, -0.05) is 11.6 Å². The van der Waals surface area contributed by atoms with Crippen LogP contribution in [-0.4, -0.2) is 30.4 Å². The second-order valence-corrected chi connectivity index (χ2v) is 6.68. The summed E-state index contributed by atoms with van der Waals surface area (Å²) in [4.78, 5) is 37.0. The molecule has 0 radical (unpaired) electrons. The van der Waals surface area contributed by atoms with E-state index in [1.165, 1.54) is 6.92 Å². The normalized spacial score (nSPS) is 16.1. The number of hydrogen-bond acceptors (Lipinski definition) is 3. The van der Waals surface area contributed by atoms with Gasteiger partial charge < -0.3 is 20.9 Å². The first-order valence-electron chi connectivity index (χ1n) is 8.42. The molecule has 7 nitrogen and oxygen atoms in total. The van der Waals surface area contributed by atoms with E-state index in [0.29, 0.717) is 22.9 Å². The van der Waals surface area contributed by atoms with Gasteiger partial charge in [-0.2, -0.15) is 0 Å². The van der Waals surface area contributed by atoms with Crippen molar-refractivity contribution in [3.63, 3.8) is 0 Å². The standard InChI is InChI=1S/C19H19ClN4O3/c1-12(25)21-14-4-6-15(7-5-14)22-19(27)23-16-10-18(26)24(11-16)17-8-2-13(20)3-9-17/h2-9,16H,10-11H2,1H3,(H,21,25)(H2,22,23,27)/t16-/m0/s1. The number of anilines is 3. The van der Waals surface area contributed by atoms with E-state index in [-0.39, 0.29) is 24.3 Å². The van der Waals surface area contributed by atoms with Gasteiger partial charge >= 0.3 is 6.03 Å². The summed E-state index contributed by atoms with van der Waals surface area (Å²) in [6.45, 7) is 1.82. The predicted octanol–water partition coefficient (Wildman–Crippen LogP) is 3.23. The molecule has 3 rings (SSSR count). The molecule has 4 amide bonds. The Labute approximate surface area is 161 Å². The molecular weight excluding hydrogens is 368 g/mol. The van der Waals surface area contributed by atoms with Gasteiger partial charge in [0.25, 0.3) is 0 Å². The van der Waals surface area contributed by atoms with Crippen LogP contribution in [0, 0.1) is 0 Å². The third-order valence-electron chi connectivity index (χ3n) is 4.06. The molecule has 0 unspecified atom stereocenters. The van der Waals surface area contributed by atoms with E-state index in [0.717, 1.165) is 5.69 Å². The minimum atomic E-state index is -0.391. The van der Waals surface area contributed by atoms with Crippen molar-refractivity contribution in [1.29, 1.82) is 0 Å². The Balaban J connectivity index is 1.54. The minimum absolute atomic E-state index is 0.0534. The van der Waals surface area contributed by atoms with Crippen LogP contribution >= 0.6 is 11.6 Å². The molecule has 2 aromatic carbocycles. The molecule has 140 valence electrons. The van der Waals surface area contributed by atoms with E-state index < -0.39 is 6.03 Å². The third kappa shape index (κ3) is 4.98. The van der Waals surface area contributed by atoms with Gasteiger partial charge in [-0.25, -0.2) is 4.79 Å². The van der Waals surface area contributed by atoms with Gasteiger partial charge in [-0.05, 0) is 48.5 Å². The molecule has 2 aromatic rings. The Morgan fingerprint density at radius 3 is 2.19 bits per heavy atom. The lowest BCUT2D eigenvalue weighted by molar-refractivity contribution is -0.117. The number of rotatable bonds is 4. The average Bonchev–Trinajstić information content (AvgIpc) is 2.97. The smallest absolute Gasteiger partial charge is 0.319 e. The van der Waals surface area contributed by atoms with Crippen LogP contribution in [0.5, 0.6) is 0 Å². The van der Waals surface area contributed by atoms with Crippen LogP contribution in [0.3, 0.4) is 0 Å². The van der Waals surface area contributed by atoms with Crippen LogP contribution in [0.25, 0.3) is 0 Å². The Morgan fingerprint density at radius 2 is 1.59 bits per heavy atom. The predicted molar refractivity (Wildman–Crippen MR) is 105 cm³/mol. The van der Waals surface area contributed by atoms with Gasteiger partial charge in [0.15, 0.2) is 0 Å². The zero-order valence-corrected chi connectivity index (χ0v) is 15.4. The van der Waals surface area contributed by atoms with E-state index in [4.69, 9.17) is 11.6 Å². The largest absolute Gasteiger partial charge is 0.333 e. The van der Waals surface area contributed by atoms with Crippen molar-refractivity contribution in [2.45, 2.75) is 19.4 Å². The SMILES string of the molecule is CC(=O)Nc1ccc(NC(=O)N[C@H]2CC(=O)N(c3ccc(Cl)cc3)C2)cc1. The zero-order valence-electron chi connectivity index (χ0n) is 14.7. The molecule has 0 spiro atoms. The van der Waals surface area contributed by atoms with E-state index in [1.54, 1.807) is 53.4 Å². The molecule has 1 atom stereocenters. The first-order valence-corrected chi connectivity index (χ1v) is 8.79. The number of amides is 4. The molecule has 0 saturated carbocycles. The highest BCUT2D eigenvalue weighted by Gasteiger charge is 2.31. The summed E-state index contributed by atoms with van der Waals surface area (Å²) >= 11 is 5.87. The molecule has 1 fully saturated rings. The van der Waals surface area contributed by atoms with Crippen molar-refractivity contribution in [2.24, 2.45) is 0 Å². The van der Waals surface area contributed by atoms with E-state index in [1.807, 2.05) is 0 Å². The average molecular weight is 387 g/mol. The number of halogens is 1. The fraction of sp³-hybridized carbons (Fsp3) is 0.211. The number of carbonyl (C=O) groups is 3. The Bertz CT molecular complexity index is 852. The van der Waals surface area contributed by atoms with Gasteiger partial charge in [0, 0.05) is 42.0 Å². The van der Waals surface area contributed by atoms with E-state index in [2.05, 4.69) is 16.0 Å². The van der Waals surface area contributed by atoms with Crippen LogP contribution in [0.15, 0.2) is 48.5 Å². The third-order valence-corrected chi connectivity index (χ3v) is 4.31. The molecular formula is C19H19ClN4O3. The summed E-state index contributed by atoms with van der Waals surface area (Å²) in [5.41, 5.74) is 1.98. The van der Waals surface area contributed by atoms with Crippen molar-refractivity contribution >= 4 is 46.5 Å². The molecule has 0 bridgehead atoms. The number of nitrogens with one attached hydrogen (secondary N) is 3. The molecule has 0 aromatic heterocycles. The topological polar surface area (TPSA) is 90.5 Å². The summed E-state index contributed by atoms with van der Waals surface area (Å²) in [7, 11) is 0. The molecule has 0 aliphatic carbocycles. The van der Waals surface area contributed by atoms with Gasteiger partial charge in [-0.3, -0.25) is 9.59 Å². The summed E-state index contributed by atoms with van der Waals surface area (Å²) in [6.07, 6.45) is 0.234. The second-order valence-electron chi connectivity index (χ2n) is 6.24. The maximum Gasteiger partial charge on any atom is 0.319 e. The second kappa shape index (κ2) is 8.09. The van der Waals surface area contributed by atoms with Gasteiger partial charge in [-0.15, -0.1) is 0 Å². The molecule has 1 saturated heterocycles. The van der Waals surface area contributed by atoms with Crippen LogP contribution in [-0.2, 0) is 9.59 Å². The van der Waals surface area contributed by atoms with Crippen molar-refractivity contribution in [2.75, 3.05) is 22.1 Å². The van der Waals surface area contributed by atoms with Crippen molar-refractivity contribution < 1.29 is 14.4 Å². The number of carbonyl (C=O) groups excluding carboxylic acids is 3. The lowest BCUT2D eigenvalue weighted by atomic mass is 10.2. The lowest BCUT2D eigenvalue weighted by Crippen LogP contribution is -2.39. The number of urea groups is 1. The van der Waals surface area contributed by atoms with Crippen molar-refractivity contribution in [3.05, 3.63) is 53.6 Å². The minimum Gasteiger partial charge on any atom is -0.333 e. The zero-order chi connectivity index (χ0) is 19.4. The summed E-state index contributed by atoms with van der Waals surface area (Å²) in [5, 5.41) is 8.78. The number of hydrogen-bond donors (Lipinski definition) is 3. The number of nitrogens with zero attached hydrogens (tertiary/aromatic N) is 1. The Morgan fingerprint density at radius 1 is 1.00 bits per heavy atom. The maximum absolute atomic E-state index is 12.2. The fourth-order valence-electron chi connectivity index (χ4n) is 2.87. The molecule has 3 N–H and O–H groups in total. The van der Waals surface area contributed by atoms with Crippen LogP contribution in [0.4, 0.5) is 21.9 Å². The molecule has 1 aliphatic heterocycles. The van der Waals surface area contributed by atoms with E-state index in [9.17, 15) is 14.4 Å². The highest BCUT2D eigenvalue weighted by atomic mass is 35.5. The molecule has 1 heterocycles. The summed E-state index contributed by atoms with van der Waals surface area (Å²) in [5.74, 6) is -0.216. The Kier molecular flexibility index (Phi) is 5.61. The van der Waals surface area contributed by atoms with Crippen LogP contribution in [0.1, 0.15) is 13.3 Å².